The number of rotatable bonds is 11. The molecule has 1 fully saturated rings. The fraction of sp³-hybridized carbons (Fsp3) is 0.667. The van der Waals surface area contributed by atoms with E-state index in [1.807, 2.05) is 18.2 Å². The van der Waals surface area contributed by atoms with Gasteiger partial charge in [0.05, 0.1) is 12.7 Å². The molecule has 0 amide bonds. The minimum absolute atomic E-state index is 0.183. The quantitative estimate of drug-likeness (QED) is 0.233. The largest absolute Gasteiger partial charge is 0.346 e. The van der Waals surface area contributed by atoms with E-state index in [4.69, 9.17) is 15.0 Å². The zero-order chi connectivity index (χ0) is 16.2. The molecular formula is C18H27N3O2. The van der Waals surface area contributed by atoms with E-state index in [1.165, 1.54) is 32.1 Å². The first-order chi connectivity index (χ1) is 11.4. The van der Waals surface area contributed by atoms with Crippen LogP contribution in [0.25, 0.3) is 10.4 Å². The third kappa shape index (κ3) is 7.04. The third-order valence-electron chi connectivity index (χ3n) is 4.17. The Morgan fingerprint density at radius 1 is 1.00 bits per heavy atom. The van der Waals surface area contributed by atoms with Crippen molar-refractivity contribution in [2.45, 2.75) is 63.8 Å². The standard InChI is InChI=1S/C18H27N3O2/c19-21-20-14-10-5-3-1-2-4-9-13-17-15-22-18(23-17)16-11-7-6-8-12-16/h6-8,11-12,17-18H,1-5,9-10,13-15H2. The van der Waals surface area contributed by atoms with Crippen molar-refractivity contribution in [3.63, 3.8) is 0 Å². The average molecular weight is 317 g/mol. The van der Waals surface area contributed by atoms with Crippen LogP contribution in [0.1, 0.15) is 63.2 Å². The topological polar surface area (TPSA) is 67.2 Å². The predicted molar refractivity (Wildman–Crippen MR) is 91.0 cm³/mol. The predicted octanol–water partition coefficient (Wildman–Crippen LogP) is 5.53. The van der Waals surface area contributed by atoms with Gasteiger partial charge < -0.3 is 9.47 Å². The zero-order valence-electron chi connectivity index (χ0n) is 13.8. The molecule has 1 aliphatic heterocycles. The van der Waals surface area contributed by atoms with E-state index in [2.05, 4.69) is 22.2 Å². The van der Waals surface area contributed by atoms with Crippen molar-refractivity contribution in [3.05, 3.63) is 46.3 Å². The average Bonchev–Trinajstić information content (AvgIpc) is 3.06. The van der Waals surface area contributed by atoms with Crippen LogP contribution in [0.3, 0.4) is 0 Å². The number of azide groups is 1. The highest BCUT2D eigenvalue weighted by atomic mass is 16.7. The minimum atomic E-state index is -0.183. The second-order valence-corrected chi connectivity index (χ2v) is 6.05. The summed E-state index contributed by atoms with van der Waals surface area (Å²) in [4.78, 5) is 2.76. The van der Waals surface area contributed by atoms with Gasteiger partial charge in [-0.05, 0) is 18.4 Å². The van der Waals surface area contributed by atoms with E-state index < -0.39 is 0 Å². The molecule has 2 atom stereocenters. The summed E-state index contributed by atoms with van der Waals surface area (Å²) in [5.41, 5.74) is 9.28. The highest BCUT2D eigenvalue weighted by molar-refractivity contribution is 5.16. The molecule has 0 bridgehead atoms. The van der Waals surface area contributed by atoms with Crippen molar-refractivity contribution >= 4 is 0 Å². The molecule has 0 aromatic heterocycles. The lowest BCUT2D eigenvalue weighted by Crippen LogP contribution is -2.09. The Balaban J connectivity index is 1.46. The Hall–Kier alpha value is -1.55. The van der Waals surface area contributed by atoms with Crippen molar-refractivity contribution in [1.82, 2.24) is 0 Å². The molecule has 0 saturated carbocycles. The molecule has 0 N–H and O–H groups in total. The van der Waals surface area contributed by atoms with Gasteiger partial charge in [0, 0.05) is 17.0 Å². The van der Waals surface area contributed by atoms with Crippen LogP contribution in [-0.2, 0) is 9.47 Å². The molecule has 1 heterocycles. The molecule has 0 aliphatic carbocycles. The van der Waals surface area contributed by atoms with Crippen LogP contribution in [0.15, 0.2) is 35.4 Å². The van der Waals surface area contributed by atoms with Gasteiger partial charge in [-0.15, -0.1) is 0 Å². The molecule has 2 unspecified atom stereocenters. The van der Waals surface area contributed by atoms with Gasteiger partial charge in [0.2, 0.25) is 0 Å². The monoisotopic (exact) mass is 317 g/mol. The van der Waals surface area contributed by atoms with Gasteiger partial charge in [0.1, 0.15) is 0 Å². The molecule has 1 saturated heterocycles. The molecule has 2 rings (SSSR count). The summed E-state index contributed by atoms with van der Waals surface area (Å²) in [5.74, 6) is 0. The molecule has 5 heteroatoms. The number of ether oxygens (including phenoxy) is 2. The summed E-state index contributed by atoms with van der Waals surface area (Å²) in [6.07, 6.45) is 9.56. The SMILES string of the molecule is [N-]=[N+]=NCCCCCCCCCC1COC(c2ccccc2)O1. The van der Waals surface area contributed by atoms with Gasteiger partial charge in [-0.2, -0.15) is 0 Å². The fourth-order valence-corrected chi connectivity index (χ4v) is 2.87. The maximum absolute atomic E-state index is 8.18. The summed E-state index contributed by atoms with van der Waals surface area (Å²) in [5, 5.41) is 3.55. The summed E-state index contributed by atoms with van der Waals surface area (Å²) < 4.78 is 11.7. The van der Waals surface area contributed by atoms with Crippen LogP contribution in [0.2, 0.25) is 0 Å². The van der Waals surface area contributed by atoms with Gasteiger partial charge in [0.25, 0.3) is 0 Å². The minimum Gasteiger partial charge on any atom is -0.346 e. The Bertz CT molecular complexity index is 474. The Morgan fingerprint density at radius 2 is 1.70 bits per heavy atom. The maximum Gasteiger partial charge on any atom is 0.184 e. The van der Waals surface area contributed by atoms with Crippen LogP contribution < -0.4 is 0 Å². The summed E-state index contributed by atoms with van der Waals surface area (Å²) in [6.45, 7) is 1.34. The van der Waals surface area contributed by atoms with Gasteiger partial charge in [-0.3, -0.25) is 0 Å². The van der Waals surface area contributed by atoms with E-state index in [0.29, 0.717) is 13.2 Å². The number of benzene rings is 1. The van der Waals surface area contributed by atoms with E-state index in [9.17, 15) is 0 Å². The van der Waals surface area contributed by atoms with Crippen molar-refractivity contribution in [2.75, 3.05) is 13.2 Å². The zero-order valence-corrected chi connectivity index (χ0v) is 13.8. The lowest BCUT2D eigenvalue weighted by atomic mass is 10.1. The Morgan fingerprint density at radius 3 is 2.43 bits per heavy atom. The van der Waals surface area contributed by atoms with Crippen molar-refractivity contribution < 1.29 is 9.47 Å². The summed E-state index contributed by atoms with van der Waals surface area (Å²) in [7, 11) is 0. The Labute approximate surface area is 138 Å². The first-order valence-corrected chi connectivity index (χ1v) is 8.73. The highest BCUT2D eigenvalue weighted by Crippen LogP contribution is 2.28. The number of nitrogens with zero attached hydrogens (tertiary/aromatic N) is 3. The molecule has 0 radical (unpaired) electrons. The van der Waals surface area contributed by atoms with Gasteiger partial charge in [-0.25, -0.2) is 0 Å². The first kappa shape index (κ1) is 17.8. The van der Waals surface area contributed by atoms with Gasteiger partial charge in [-0.1, -0.05) is 74.0 Å². The molecule has 126 valence electrons. The lowest BCUT2D eigenvalue weighted by Gasteiger charge is -2.11. The van der Waals surface area contributed by atoms with E-state index in [1.54, 1.807) is 0 Å². The van der Waals surface area contributed by atoms with Gasteiger partial charge >= 0.3 is 0 Å². The molecule has 23 heavy (non-hydrogen) atoms. The second kappa shape index (κ2) is 11.1. The molecular weight excluding hydrogens is 290 g/mol. The van der Waals surface area contributed by atoms with Crippen LogP contribution in [0.4, 0.5) is 0 Å². The number of hydrogen-bond donors (Lipinski definition) is 0. The van der Waals surface area contributed by atoms with Gasteiger partial charge in [0.15, 0.2) is 6.29 Å². The lowest BCUT2D eigenvalue weighted by molar-refractivity contribution is -0.0613. The smallest absolute Gasteiger partial charge is 0.184 e. The molecule has 5 nitrogen and oxygen atoms in total. The summed E-state index contributed by atoms with van der Waals surface area (Å²) >= 11 is 0. The molecule has 1 aromatic carbocycles. The number of hydrogen-bond acceptors (Lipinski definition) is 3. The maximum atomic E-state index is 8.18. The van der Waals surface area contributed by atoms with Crippen molar-refractivity contribution in [2.24, 2.45) is 5.11 Å². The number of unbranched alkanes of at least 4 members (excludes halogenated alkanes) is 6. The van der Waals surface area contributed by atoms with E-state index >= 15 is 0 Å². The first-order valence-electron chi connectivity index (χ1n) is 8.73. The normalized spacial score (nSPS) is 20.3. The highest BCUT2D eigenvalue weighted by Gasteiger charge is 2.26. The third-order valence-corrected chi connectivity index (χ3v) is 4.17. The van der Waals surface area contributed by atoms with Crippen molar-refractivity contribution in [1.29, 1.82) is 0 Å². The van der Waals surface area contributed by atoms with E-state index in [0.717, 1.165) is 24.8 Å². The van der Waals surface area contributed by atoms with Crippen LogP contribution in [-0.4, -0.2) is 19.3 Å². The fourth-order valence-electron chi connectivity index (χ4n) is 2.87. The molecule has 1 aromatic rings. The summed E-state index contributed by atoms with van der Waals surface area (Å²) in [6, 6.07) is 10.1. The van der Waals surface area contributed by atoms with Crippen LogP contribution in [0, 0.1) is 0 Å². The molecule has 0 spiro atoms. The van der Waals surface area contributed by atoms with Crippen molar-refractivity contribution in [3.8, 4) is 0 Å². The van der Waals surface area contributed by atoms with Crippen LogP contribution in [0.5, 0.6) is 0 Å². The van der Waals surface area contributed by atoms with Crippen LogP contribution >= 0.6 is 0 Å². The second-order valence-electron chi connectivity index (χ2n) is 6.05. The van der Waals surface area contributed by atoms with E-state index in [-0.39, 0.29) is 12.4 Å². The molecule has 1 aliphatic rings. The Kier molecular flexibility index (Phi) is 8.56.